The van der Waals surface area contributed by atoms with Crippen LogP contribution < -0.4 is 0 Å². The molecule has 0 aliphatic heterocycles. The van der Waals surface area contributed by atoms with Crippen molar-refractivity contribution in [1.82, 2.24) is 19.7 Å². The predicted octanol–water partition coefficient (Wildman–Crippen LogP) is 4.96. The number of hydrogen-bond acceptors (Lipinski definition) is 6. The van der Waals surface area contributed by atoms with Crippen molar-refractivity contribution in [3.8, 4) is 10.7 Å². The Hall–Kier alpha value is -2.58. The minimum Gasteiger partial charge on any atom is -0.467 e. The number of aromatic amines is 1. The molecule has 8 heteroatoms. The van der Waals surface area contributed by atoms with Gasteiger partial charge in [0.2, 0.25) is 5.16 Å². The van der Waals surface area contributed by atoms with Crippen molar-refractivity contribution in [2.75, 3.05) is 0 Å². The topological polar surface area (TPSA) is 76.7 Å². The monoisotopic (exact) mass is 412 g/mol. The van der Waals surface area contributed by atoms with Crippen LogP contribution in [0.3, 0.4) is 0 Å². The van der Waals surface area contributed by atoms with E-state index in [1.165, 1.54) is 11.8 Å². The van der Waals surface area contributed by atoms with Crippen molar-refractivity contribution in [2.24, 2.45) is 0 Å². The Morgan fingerprint density at radius 2 is 2.21 bits per heavy atom. The van der Waals surface area contributed by atoms with Crippen LogP contribution in [-0.2, 0) is 6.54 Å². The zero-order chi connectivity index (χ0) is 19.7. The van der Waals surface area contributed by atoms with Crippen LogP contribution in [0.25, 0.3) is 10.7 Å². The van der Waals surface area contributed by atoms with Crippen LogP contribution in [0.1, 0.15) is 34.4 Å². The Bertz CT molecular complexity index is 1080. The van der Waals surface area contributed by atoms with Crippen molar-refractivity contribution >= 4 is 28.9 Å². The molecule has 0 spiro atoms. The van der Waals surface area contributed by atoms with Gasteiger partial charge >= 0.3 is 0 Å². The Morgan fingerprint density at radius 1 is 1.36 bits per heavy atom. The fourth-order valence-corrected chi connectivity index (χ4v) is 4.56. The summed E-state index contributed by atoms with van der Waals surface area (Å²) in [6.45, 7) is 6.49. The summed E-state index contributed by atoms with van der Waals surface area (Å²) < 4.78 is 7.55. The van der Waals surface area contributed by atoms with Crippen molar-refractivity contribution in [2.45, 2.75) is 37.7 Å². The highest BCUT2D eigenvalue weighted by atomic mass is 32.2. The van der Waals surface area contributed by atoms with Gasteiger partial charge in [-0.1, -0.05) is 17.8 Å². The van der Waals surface area contributed by atoms with Gasteiger partial charge in [0, 0.05) is 17.0 Å². The number of rotatable bonds is 7. The van der Waals surface area contributed by atoms with Gasteiger partial charge in [-0.3, -0.25) is 9.89 Å². The van der Waals surface area contributed by atoms with E-state index in [0.29, 0.717) is 11.7 Å². The molecule has 0 unspecified atom stereocenters. The summed E-state index contributed by atoms with van der Waals surface area (Å²) in [5.41, 5.74) is 2.71. The number of nitrogens with zero attached hydrogens (tertiary/aromatic N) is 3. The zero-order valence-corrected chi connectivity index (χ0v) is 17.4. The van der Waals surface area contributed by atoms with Crippen molar-refractivity contribution < 1.29 is 9.21 Å². The SMILES string of the molecule is Cc1cc(C(=O)[C@@H](C)Sc2n[nH]c(-c3cccs3)n2)c(C)n1Cc1ccco1. The van der Waals surface area contributed by atoms with E-state index in [2.05, 4.69) is 19.7 Å². The van der Waals surface area contributed by atoms with Crippen molar-refractivity contribution in [3.63, 3.8) is 0 Å². The number of ketones is 1. The Kier molecular flexibility index (Phi) is 5.23. The van der Waals surface area contributed by atoms with E-state index in [1.807, 2.05) is 56.5 Å². The van der Waals surface area contributed by atoms with Crippen LogP contribution in [0, 0.1) is 13.8 Å². The normalized spacial score (nSPS) is 12.4. The number of carbonyl (C=O) groups is 1. The molecule has 6 nitrogen and oxygen atoms in total. The van der Waals surface area contributed by atoms with Gasteiger partial charge in [0.15, 0.2) is 11.6 Å². The standard InChI is InChI=1S/C20H20N4O2S2/c1-12-10-16(13(2)24(12)11-15-6-4-8-26-15)18(25)14(3)28-20-21-19(22-23-20)17-7-5-9-27-17/h4-10,14H,11H2,1-3H3,(H,21,22,23)/t14-/m1/s1. The van der Waals surface area contributed by atoms with Gasteiger partial charge in [-0.05, 0) is 50.4 Å². The van der Waals surface area contributed by atoms with Gasteiger partial charge in [0.25, 0.3) is 0 Å². The predicted molar refractivity (Wildman–Crippen MR) is 111 cm³/mol. The van der Waals surface area contributed by atoms with E-state index < -0.39 is 0 Å². The molecule has 1 atom stereocenters. The largest absolute Gasteiger partial charge is 0.467 e. The quantitative estimate of drug-likeness (QED) is 0.343. The van der Waals surface area contributed by atoms with Crippen LogP contribution in [0.2, 0.25) is 0 Å². The minimum absolute atomic E-state index is 0.0752. The average Bonchev–Trinajstić information content (AvgIpc) is 3.46. The van der Waals surface area contributed by atoms with Crippen molar-refractivity contribution in [1.29, 1.82) is 0 Å². The number of H-pyrrole nitrogens is 1. The molecule has 4 aromatic rings. The van der Waals surface area contributed by atoms with E-state index in [1.54, 1.807) is 17.6 Å². The van der Waals surface area contributed by atoms with Gasteiger partial charge in [0.05, 0.1) is 22.9 Å². The molecule has 0 aliphatic rings. The first kappa shape index (κ1) is 18.8. The lowest BCUT2D eigenvalue weighted by Crippen LogP contribution is -2.15. The third kappa shape index (κ3) is 3.70. The van der Waals surface area contributed by atoms with Gasteiger partial charge in [-0.2, -0.15) is 0 Å². The number of hydrogen-bond donors (Lipinski definition) is 1. The Morgan fingerprint density at radius 3 is 2.93 bits per heavy atom. The van der Waals surface area contributed by atoms with Gasteiger partial charge in [0.1, 0.15) is 5.76 Å². The number of thioether (sulfide) groups is 1. The van der Waals surface area contributed by atoms with Gasteiger partial charge < -0.3 is 8.98 Å². The van der Waals surface area contributed by atoms with Crippen LogP contribution in [0.15, 0.2) is 51.5 Å². The molecule has 4 heterocycles. The summed E-state index contributed by atoms with van der Waals surface area (Å²) in [6, 6.07) is 9.72. The second kappa shape index (κ2) is 7.81. The molecule has 0 fully saturated rings. The zero-order valence-electron chi connectivity index (χ0n) is 15.8. The Balaban J connectivity index is 1.49. The highest BCUT2D eigenvalue weighted by Gasteiger charge is 2.23. The molecule has 4 aromatic heterocycles. The van der Waals surface area contributed by atoms with E-state index in [9.17, 15) is 4.79 Å². The van der Waals surface area contributed by atoms with Crippen LogP contribution in [0.4, 0.5) is 0 Å². The number of nitrogens with one attached hydrogen (secondary N) is 1. The fraction of sp³-hybridized carbons (Fsp3) is 0.250. The smallest absolute Gasteiger partial charge is 0.209 e. The number of furan rings is 1. The lowest BCUT2D eigenvalue weighted by Gasteiger charge is -2.10. The first-order valence-electron chi connectivity index (χ1n) is 8.89. The summed E-state index contributed by atoms with van der Waals surface area (Å²) in [4.78, 5) is 18.6. The number of aryl methyl sites for hydroxylation is 1. The summed E-state index contributed by atoms with van der Waals surface area (Å²) >= 11 is 2.97. The summed E-state index contributed by atoms with van der Waals surface area (Å²) in [7, 11) is 0. The number of aromatic nitrogens is 4. The highest BCUT2D eigenvalue weighted by molar-refractivity contribution is 8.00. The summed E-state index contributed by atoms with van der Waals surface area (Å²) in [6.07, 6.45) is 1.66. The molecule has 0 saturated heterocycles. The first-order chi connectivity index (χ1) is 13.5. The molecule has 144 valence electrons. The maximum Gasteiger partial charge on any atom is 0.209 e. The van der Waals surface area contributed by atoms with Crippen LogP contribution in [0.5, 0.6) is 0 Å². The fourth-order valence-electron chi connectivity index (χ4n) is 3.11. The van der Waals surface area contributed by atoms with E-state index in [0.717, 1.165) is 33.4 Å². The van der Waals surface area contributed by atoms with Gasteiger partial charge in [-0.25, -0.2) is 4.98 Å². The second-order valence-corrected chi connectivity index (χ2v) is 8.77. The van der Waals surface area contributed by atoms with Gasteiger partial charge in [-0.15, -0.1) is 16.4 Å². The summed E-state index contributed by atoms with van der Waals surface area (Å²) in [5, 5.41) is 9.48. The maximum absolute atomic E-state index is 13.1. The maximum atomic E-state index is 13.1. The molecule has 0 saturated carbocycles. The van der Waals surface area contributed by atoms with Crippen molar-refractivity contribution in [3.05, 3.63) is 64.7 Å². The third-order valence-corrected chi connectivity index (χ3v) is 6.44. The molecule has 0 amide bonds. The molecule has 0 bridgehead atoms. The molecular formula is C20H20N4O2S2. The lowest BCUT2D eigenvalue weighted by atomic mass is 10.1. The molecule has 0 aromatic carbocycles. The van der Waals surface area contributed by atoms with E-state index in [4.69, 9.17) is 4.42 Å². The molecule has 28 heavy (non-hydrogen) atoms. The van der Waals surface area contributed by atoms with Crippen LogP contribution in [-0.4, -0.2) is 30.8 Å². The van der Waals surface area contributed by atoms with E-state index in [-0.39, 0.29) is 11.0 Å². The number of Topliss-reactive ketones (excluding diaryl/α,β-unsaturated/α-hetero) is 1. The minimum atomic E-state index is -0.287. The second-order valence-electron chi connectivity index (χ2n) is 6.52. The number of carbonyl (C=O) groups excluding carboxylic acids is 1. The molecule has 1 N–H and O–H groups in total. The molecule has 0 radical (unpaired) electrons. The van der Waals surface area contributed by atoms with Crippen LogP contribution >= 0.6 is 23.1 Å². The molecule has 0 aliphatic carbocycles. The van der Waals surface area contributed by atoms with E-state index >= 15 is 0 Å². The highest BCUT2D eigenvalue weighted by Crippen LogP contribution is 2.28. The first-order valence-corrected chi connectivity index (χ1v) is 10.6. The average molecular weight is 413 g/mol. The summed E-state index contributed by atoms with van der Waals surface area (Å²) in [5.74, 6) is 1.67. The molecule has 4 rings (SSSR count). The lowest BCUT2D eigenvalue weighted by molar-refractivity contribution is 0.0993. The third-order valence-electron chi connectivity index (χ3n) is 4.60. The Labute approximate surface area is 171 Å². The number of thiophene rings is 1. The molecular weight excluding hydrogens is 392 g/mol.